The highest BCUT2D eigenvalue weighted by molar-refractivity contribution is 5.40. The van der Waals surface area contributed by atoms with Gasteiger partial charge >= 0.3 is 0 Å². The maximum Gasteiger partial charge on any atom is 0.0317 e. The first-order chi connectivity index (χ1) is 10.2. The third-order valence-corrected chi connectivity index (χ3v) is 5.27. The lowest BCUT2D eigenvalue weighted by atomic mass is 9.86. The molecule has 0 amide bonds. The molecular weight excluding hydrogens is 258 g/mol. The number of rotatable bonds is 3. The molecule has 0 radical (unpaired) electrons. The summed E-state index contributed by atoms with van der Waals surface area (Å²) in [6.07, 6.45) is 5.68. The molecule has 1 aromatic carbocycles. The number of nitrogens with two attached hydrogens (primary N) is 1. The summed E-state index contributed by atoms with van der Waals surface area (Å²) in [5, 5.41) is 0. The number of nitrogens with zero attached hydrogens (tertiary/aromatic N) is 2. The molecule has 2 aliphatic rings. The van der Waals surface area contributed by atoms with Crippen LogP contribution in [0.5, 0.6) is 0 Å². The lowest BCUT2D eigenvalue weighted by molar-refractivity contribution is 0.0689. The van der Waals surface area contributed by atoms with Crippen LogP contribution in [0.4, 0.5) is 5.69 Å². The van der Waals surface area contributed by atoms with Gasteiger partial charge in [-0.25, -0.2) is 0 Å². The van der Waals surface area contributed by atoms with Crippen molar-refractivity contribution in [2.75, 3.05) is 31.9 Å². The molecule has 1 aliphatic heterocycles. The first-order valence-corrected chi connectivity index (χ1v) is 8.51. The van der Waals surface area contributed by atoms with Gasteiger partial charge in [0.2, 0.25) is 0 Å². The van der Waals surface area contributed by atoms with Gasteiger partial charge in [-0.15, -0.1) is 0 Å². The average Bonchev–Trinajstić information content (AvgIpc) is 2.49. The van der Waals surface area contributed by atoms with E-state index in [0.717, 1.165) is 24.2 Å². The Morgan fingerprint density at radius 3 is 2.43 bits per heavy atom. The first kappa shape index (κ1) is 14.9. The maximum absolute atomic E-state index is 5.87. The summed E-state index contributed by atoms with van der Waals surface area (Å²) in [6.45, 7) is 8.31. The topological polar surface area (TPSA) is 32.5 Å². The Balaban J connectivity index is 1.47. The molecule has 1 aliphatic carbocycles. The summed E-state index contributed by atoms with van der Waals surface area (Å²) in [5.41, 5.74) is 8.09. The van der Waals surface area contributed by atoms with Crippen LogP contribution < -0.4 is 5.73 Å². The molecule has 3 rings (SSSR count). The summed E-state index contributed by atoms with van der Waals surface area (Å²) in [5.74, 6) is 0.950. The highest BCUT2D eigenvalue weighted by Crippen LogP contribution is 2.27. The fourth-order valence-corrected chi connectivity index (χ4v) is 3.84. The number of hydrogen-bond acceptors (Lipinski definition) is 3. The van der Waals surface area contributed by atoms with E-state index < -0.39 is 0 Å². The lowest BCUT2D eigenvalue weighted by Gasteiger charge is -2.41. The molecule has 2 N–H and O–H groups in total. The van der Waals surface area contributed by atoms with Gasteiger partial charge in [0.1, 0.15) is 0 Å². The molecule has 0 atom stereocenters. The highest BCUT2D eigenvalue weighted by Gasteiger charge is 2.26. The fraction of sp³-hybridized carbons (Fsp3) is 0.667. The maximum atomic E-state index is 5.87. The highest BCUT2D eigenvalue weighted by atomic mass is 15.3. The van der Waals surface area contributed by atoms with E-state index >= 15 is 0 Å². The first-order valence-electron chi connectivity index (χ1n) is 8.51. The Labute approximate surface area is 129 Å². The van der Waals surface area contributed by atoms with E-state index in [4.69, 9.17) is 5.73 Å². The molecule has 0 spiro atoms. The number of piperazine rings is 1. The van der Waals surface area contributed by atoms with E-state index in [9.17, 15) is 0 Å². The van der Waals surface area contributed by atoms with Crippen LogP contribution >= 0.6 is 0 Å². The molecule has 21 heavy (non-hydrogen) atoms. The van der Waals surface area contributed by atoms with Gasteiger partial charge in [-0.05, 0) is 49.3 Å². The summed E-state index contributed by atoms with van der Waals surface area (Å²) in [4.78, 5) is 5.30. The largest absolute Gasteiger partial charge is 0.399 e. The van der Waals surface area contributed by atoms with Gasteiger partial charge in [0.05, 0.1) is 0 Å². The minimum absolute atomic E-state index is 0.857. The zero-order chi connectivity index (χ0) is 14.7. The van der Waals surface area contributed by atoms with E-state index in [1.54, 1.807) is 0 Å². The fourth-order valence-electron chi connectivity index (χ4n) is 3.84. The Hall–Kier alpha value is -1.06. The second-order valence-corrected chi connectivity index (χ2v) is 6.97. The van der Waals surface area contributed by atoms with Crippen LogP contribution in [0.3, 0.4) is 0 Å². The Bertz CT molecular complexity index is 444. The molecular formula is C18H29N3. The molecule has 2 fully saturated rings. The molecule has 1 saturated heterocycles. The lowest BCUT2D eigenvalue weighted by Crippen LogP contribution is -2.50. The summed E-state index contributed by atoms with van der Waals surface area (Å²) >= 11 is 0. The number of hydrogen-bond donors (Lipinski definition) is 1. The molecule has 3 heteroatoms. The van der Waals surface area contributed by atoms with Gasteiger partial charge in [-0.2, -0.15) is 0 Å². The van der Waals surface area contributed by atoms with Gasteiger partial charge in [0.25, 0.3) is 0 Å². The van der Waals surface area contributed by atoms with Gasteiger partial charge in [0, 0.05) is 44.5 Å². The second-order valence-electron chi connectivity index (χ2n) is 6.97. The predicted octanol–water partition coefficient (Wildman–Crippen LogP) is 2.97. The smallest absolute Gasteiger partial charge is 0.0317 e. The van der Waals surface area contributed by atoms with Crippen LogP contribution in [0.2, 0.25) is 0 Å². The van der Waals surface area contributed by atoms with Crippen molar-refractivity contribution in [1.82, 2.24) is 9.80 Å². The summed E-state index contributed by atoms with van der Waals surface area (Å²) in [6, 6.07) is 9.17. The van der Waals surface area contributed by atoms with Crippen molar-refractivity contribution in [1.29, 1.82) is 0 Å². The van der Waals surface area contributed by atoms with Crippen LogP contribution in [0, 0.1) is 5.92 Å². The third kappa shape index (κ3) is 3.98. The summed E-state index contributed by atoms with van der Waals surface area (Å²) < 4.78 is 0. The van der Waals surface area contributed by atoms with Crippen molar-refractivity contribution in [2.45, 2.75) is 45.2 Å². The zero-order valence-electron chi connectivity index (χ0n) is 13.3. The molecule has 116 valence electrons. The standard InChI is InChI=1S/C18H29N3/c1-15-5-7-18(8-6-15)21-11-9-20(10-12-21)14-16-3-2-4-17(19)13-16/h2-4,13,15,18H,5-12,14,19H2,1H3. The van der Waals surface area contributed by atoms with Gasteiger partial charge < -0.3 is 5.73 Å². The van der Waals surface area contributed by atoms with E-state index in [1.807, 2.05) is 6.07 Å². The van der Waals surface area contributed by atoms with Crippen molar-refractivity contribution < 1.29 is 0 Å². The zero-order valence-corrected chi connectivity index (χ0v) is 13.3. The van der Waals surface area contributed by atoms with E-state index in [-0.39, 0.29) is 0 Å². The predicted molar refractivity (Wildman–Crippen MR) is 89.1 cm³/mol. The van der Waals surface area contributed by atoms with Crippen LogP contribution in [0.15, 0.2) is 24.3 Å². The Morgan fingerprint density at radius 2 is 1.76 bits per heavy atom. The molecule has 1 saturated carbocycles. The van der Waals surface area contributed by atoms with Crippen LogP contribution in [0.1, 0.15) is 38.2 Å². The molecule has 1 aromatic rings. The SMILES string of the molecule is CC1CCC(N2CCN(Cc3cccc(N)c3)CC2)CC1. The second kappa shape index (κ2) is 6.80. The van der Waals surface area contributed by atoms with Crippen LogP contribution in [-0.4, -0.2) is 42.0 Å². The Kier molecular flexibility index (Phi) is 4.81. The average molecular weight is 287 g/mol. The minimum atomic E-state index is 0.857. The molecule has 0 aromatic heterocycles. The van der Waals surface area contributed by atoms with Crippen molar-refractivity contribution in [3.8, 4) is 0 Å². The minimum Gasteiger partial charge on any atom is -0.399 e. The van der Waals surface area contributed by atoms with Crippen LogP contribution in [0.25, 0.3) is 0 Å². The van der Waals surface area contributed by atoms with E-state index in [2.05, 4.69) is 34.9 Å². The number of benzene rings is 1. The van der Waals surface area contributed by atoms with Crippen LogP contribution in [-0.2, 0) is 6.54 Å². The molecule has 1 heterocycles. The quantitative estimate of drug-likeness (QED) is 0.868. The van der Waals surface area contributed by atoms with E-state index in [1.165, 1.54) is 57.4 Å². The molecule has 0 unspecified atom stereocenters. The van der Waals surface area contributed by atoms with E-state index in [0.29, 0.717) is 0 Å². The van der Waals surface area contributed by atoms with Crippen molar-refractivity contribution >= 4 is 5.69 Å². The number of anilines is 1. The summed E-state index contributed by atoms with van der Waals surface area (Å²) in [7, 11) is 0. The van der Waals surface area contributed by atoms with Gasteiger partial charge in [-0.3, -0.25) is 9.80 Å². The normalized spacial score (nSPS) is 28.6. The van der Waals surface area contributed by atoms with Crippen molar-refractivity contribution in [3.05, 3.63) is 29.8 Å². The van der Waals surface area contributed by atoms with Crippen molar-refractivity contribution in [3.63, 3.8) is 0 Å². The number of nitrogen functional groups attached to an aromatic ring is 1. The molecule has 0 bridgehead atoms. The monoisotopic (exact) mass is 287 g/mol. The van der Waals surface area contributed by atoms with Crippen molar-refractivity contribution in [2.24, 2.45) is 5.92 Å². The molecule has 3 nitrogen and oxygen atoms in total. The Morgan fingerprint density at radius 1 is 1.05 bits per heavy atom. The third-order valence-electron chi connectivity index (χ3n) is 5.27. The van der Waals surface area contributed by atoms with Gasteiger partial charge in [-0.1, -0.05) is 19.1 Å². The van der Waals surface area contributed by atoms with Gasteiger partial charge in [0.15, 0.2) is 0 Å².